The maximum Gasteiger partial charge on any atom is 0.287 e. The first kappa shape index (κ1) is 13.5. The Morgan fingerprint density at radius 2 is 2.26 bits per heavy atom. The number of hydrogen-bond donors (Lipinski definition) is 3. The molecule has 0 unspecified atom stereocenters. The maximum atomic E-state index is 11.5. The van der Waals surface area contributed by atoms with Crippen LogP contribution >= 0.6 is 0 Å². The normalized spacial score (nSPS) is 16.5. The highest BCUT2D eigenvalue weighted by Crippen LogP contribution is 2.17. The van der Waals surface area contributed by atoms with Crippen LogP contribution in [0.5, 0.6) is 0 Å². The quantitative estimate of drug-likeness (QED) is 0.418. The van der Waals surface area contributed by atoms with Crippen molar-refractivity contribution < 1.29 is 9.21 Å². The zero-order valence-corrected chi connectivity index (χ0v) is 10.9. The zero-order chi connectivity index (χ0) is 13.5. The van der Waals surface area contributed by atoms with E-state index in [-0.39, 0.29) is 5.91 Å². The van der Waals surface area contributed by atoms with Crippen molar-refractivity contribution in [2.75, 3.05) is 13.1 Å². The van der Waals surface area contributed by atoms with Crippen LogP contribution in [-0.4, -0.2) is 31.0 Å². The molecule has 6 nitrogen and oxygen atoms in total. The minimum Gasteiger partial charge on any atom is -0.459 e. The lowest BCUT2D eigenvalue weighted by molar-refractivity contribution is 0.0927. The summed E-state index contributed by atoms with van der Waals surface area (Å²) in [6.07, 6.45) is 6.29. The molecule has 0 radical (unpaired) electrons. The van der Waals surface area contributed by atoms with E-state index in [0.717, 1.165) is 12.8 Å². The van der Waals surface area contributed by atoms with Gasteiger partial charge in [0.15, 0.2) is 11.7 Å². The molecule has 0 spiro atoms. The predicted molar refractivity (Wildman–Crippen MR) is 72.9 cm³/mol. The number of carbonyl (C=O) groups is 1. The van der Waals surface area contributed by atoms with E-state index in [0.29, 0.717) is 30.9 Å². The number of nitrogens with one attached hydrogen (secondary N) is 2. The van der Waals surface area contributed by atoms with E-state index < -0.39 is 0 Å². The Balaban J connectivity index is 1.63. The van der Waals surface area contributed by atoms with Crippen LogP contribution in [0.2, 0.25) is 0 Å². The van der Waals surface area contributed by atoms with Crippen molar-refractivity contribution in [3.8, 4) is 0 Å². The number of nitrogens with two attached hydrogens (primary N) is 1. The van der Waals surface area contributed by atoms with Gasteiger partial charge in [0.1, 0.15) is 0 Å². The van der Waals surface area contributed by atoms with Gasteiger partial charge < -0.3 is 20.8 Å². The van der Waals surface area contributed by atoms with Crippen molar-refractivity contribution >= 4 is 11.9 Å². The van der Waals surface area contributed by atoms with Crippen molar-refractivity contribution in [2.45, 2.75) is 31.7 Å². The second-order valence-electron chi connectivity index (χ2n) is 4.63. The van der Waals surface area contributed by atoms with E-state index >= 15 is 0 Å². The molecule has 6 heteroatoms. The zero-order valence-electron chi connectivity index (χ0n) is 10.9. The summed E-state index contributed by atoms with van der Waals surface area (Å²) in [6, 6.07) is 3.76. The number of hydrogen-bond acceptors (Lipinski definition) is 3. The van der Waals surface area contributed by atoms with Crippen LogP contribution in [0.3, 0.4) is 0 Å². The van der Waals surface area contributed by atoms with E-state index in [1.165, 1.54) is 19.1 Å². The molecule has 4 N–H and O–H groups in total. The Labute approximate surface area is 112 Å². The van der Waals surface area contributed by atoms with Crippen LogP contribution in [0.15, 0.2) is 27.8 Å². The molecule has 0 aromatic carbocycles. The molecule has 0 bridgehead atoms. The maximum absolute atomic E-state index is 11.5. The fourth-order valence-corrected chi connectivity index (χ4v) is 2.17. The molecule has 1 fully saturated rings. The van der Waals surface area contributed by atoms with Crippen LogP contribution in [-0.2, 0) is 0 Å². The number of carbonyl (C=O) groups excluding carboxylic acids is 1. The van der Waals surface area contributed by atoms with Gasteiger partial charge in [-0.25, -0.2) is 0 Å². The average Bonchev–Trinajstić information content (AvgIpc) is 3.06. The summed E-state index contributed by atoms with van der Waals surface area (Å²) in [7, 11) is 0. The van der Waals surface area contributed by atoms with Crippen molar-refractivity contribution in [2.24, 2.45) is 10.7 Å². The summed E-state index contributed by atoms with van der Waals surface area (Å²) in [5.74, 6) is 0.530. The monoisotopic (exact) mass is 264 g/mol. The highest BCUT2D eigenvalue weighted by atomic mass is 16.3. The average molecular weight is 264 g/mol. The van der Waals surface area contributed by atoms with E-state index in [2.05, 4.69) is 15.6 Å². The first-order chi connectivity index (χ1) is 9.25. The molecule has 2 rings (SSSR count). The van der Waals surface area contributed by atoms with Crippen LogP contribution in [0.1, 0.15) is 36.2 Å². The van der Waals surface area contributed by atoms with Crippen LogP contribution in [0.4, 0.5) is 0 Å². The van der Waals surface area contributed by atoms with Crippen molar-refractivity contribution in [3.05, 3.63) is 24.2 Å². The third kappa shape index (κ3) is 4.31. The number of guanidine groups is 1. The second-order valence-corrected chi connectivity index (χ2v) is 4.63. The Bertz CT molecular complexity index is 422. The molecule has 1 saturated carbocycles. The lowest BCUT2D eigenvalue weighted by Crippen LogP contribution is -2.39. The number of aliphatic imine (C=N–C) groups is 1. The Hall–Kier alpha value is -1.98. The summed E-state index contributed by atoms with van der Waals surface area (Å²) in [5.41, 5.74) is 5.77. The molecule has 0 atom stereocenters. The smallest absolute Gasteiger partial charge is 0.287 e. The molecule has 104 valence electrons. The van der Waals surface area contributed by atoms with E-state index in [9.17, 15) is 4.79 Å². The Kier molecular flexibility index (Phi) is 4.83. The molecule has 1 aromatic heterocycles. The molecule has 1 aromatic rings. The van der Waals surface area contributed by atoms with E-state index in [4.69, 9.17) is 10.2 Å². The molecule has 1 aliphatic rings. The van der Waals surface area contributed by atoms with Crippen LogP contribution in [0.25, 0.3) is 0 Å². The second kappa shape index (κ2) is 6.82. The Morgan fingerprint density at radius 1 is 1.47 bits per heavy atom. The number of amides is 1. The first-order valence-corrected chi connectivity index (χ1v) is 6.64. The molecule has 1 amide bonds. The third-order valence-electron chi connectivity index (χ3n) is 3.13. The van der Waals surface area contributed by atoms with E-state index in [1.54, 1.807) is 12.1 Å². The van der Waals surface area contributed by atoms with Gasteiger partial charge in [-0.1, -0.05) is 12.8 Å². The summed E-state index contributed by atoms with van der Waals surface area (Å²) in [6.45, 7) is 0.893. The third-order valence-corrected chi connectivity index (χ3v) is 3.13. The van der Waals surface area contributed by atoms with Crippen molar-refractivity contribution in [3.63, 3.8) is 0 Å². The molecule has 1 heterocycles. The largest absolute Gasteiger partial charge is 0.459 e. The van der Waals surface area contributed by atoms with Gasteiger partial charge in [-0.15, -0.1) is 0 Å². The van der Waals surface area contributed by atoms with Crippen molar-refractivity contribution in [1.29, 1.82) is 0 Å². The molecular formula is C13H20N4O2. The number of nitrogens with zero attached hydrogens (tertiary/aromatic N) is 1. The lowest BCUT2D eigenvalue weighted by Gasteiger charge is -2.12. The van der Waals surface area contributed by atoms with Crippen molar-refractivity contribution in [1.82, 2.24) is 10.6 Å². The Morgan fingerprint density at radius 3 is 2.95 bits per heavy atom. The molecule has 0 aliphatic heterocycles. The van der Waals surface area contributed by atoms with Gasteiger partial charge >= 0.3 is 0 Å². The van der Waals surface area contributed by atoms with Gasteiger partial charge in [0.25, 0.3) is 5.91 Å². The van der Waals surface area contributed by atoms with Crippen LogP contribution in [0, 0.1) is 0 Å². The minimum absolute atomic E-state index is 0.234. The standard InChI is InChI=1S/C13H20N4O2/c14-13(17-10-4-1-2-5-10)16-8-7-15-12(18)11-6-3-9-19-11/h3,6,9-10H,1-2,4-5,7-8H2,(H,15,18)(H3,14,16,17). The topological polar surface area (TPSA) is 92.6 Å². The minimum atomic E-state index is -0.234. The SMILES string of the molecule is NC(=NCCNC(=O)c1ccco1)NC1CCCC1. The van der Waals surface area contributed by atoms with Gasteiger partial charge in [0.2, 0.25) is 0 Å². The van der Waals surface area contributed by atoms with Crippen LogP contribution < -0.4 is 16.4 Å². The molecule has 0 saturated heterocycles. The van der Waals surface area contributed by atoms with Gasteiger partial charge in [-0.05, 0) is 25.0 Å². The summed E-state index contributed by atoms with van der Waals surface area (Å²) in [4.78, 5) is 15.7. The lowest BCUT2D eigenvalue weighted by atomic mass is 10.2. The summed E-state index contributed by atoms with van der Waals surface area (Å²) < 4.78 is 4.98. The summed E-state index contributed by atoms with van der Waals surface area (Å²) >= 11 is 0. The van der Waals surface area contributed by atoms with Gasteiger partial charge in [-0.2, -0.15) is 0 Å². The summed E-state index contributed by atoms with van der Waals surface area (Å²) in [5, 5.41) is 5.90. The predicted octanol–water partition coefficient (Wildman–Crippen LogP) is 0.856. The van der Waals surface area contributed by atoms with Gasteiger partial charge in [0.05, 0.1) is 12.8 Å². The molecular weight excluding hydrogens is 244 g/mol. The number of furan rings is 1. The van der Waals surface area contributed by atoms with E-state index in [1.807, 2.05) is 0 Å². The van der Waals surface area contributed by atoms with Gasteiger partial charge in [0, 0.05) is 12.6 Å². The molecule has 19 heavy (non-hydrogen) atoms. The highest BCUT2D eigenvalue weighted by Gasteiger charge is 2.14. The fourth-order valence-electron chi connectivity index (χ4n) is 2.17. The fraction of sp³-hybridized carbons (Fsp3) is 0.538. The molecule has 1 aliphatic carbocycles. The number of rotatable bonds is 5. The highest BCUT2D eigenvalue weighted by molar-refractivity contribution is 5.91. The first-order valence-electron chi connectivity index (χ1n) is 6.64. The van der Waals surface area contributed by atoms with Gasteiger partial charge in [-0.3, -0.25) is 9.79 Å².